The van der Waals surface area contributed by atoms with Crippen molar-refractivity contribution in [3.8, 4) is 0 Å². The standard InChI is InChI=1S/C17H31N/c1-5-16-6-7-17(14(16)4)18-11-15-9-12(2)8-13(3)10-15/h8,12,14-18H,5-7,9-11H2,1-4H3. The van der Waals surface area contributed by atoms with Crippen LogP contribution in [0.15, 0.2) is 11.6 Å². The van der Waals surface area contributed by atoms with E-state index in [0.717, 1.165) is 29.7 Å². The zero-order valence-corrected chi connectivity index (χ0v) is 12.7. The summed E-state index contributed by atoms with van der Waals surface area (Å²) < 4.78 is 0. The molecule has 2 rings (SSSR count). The van der Waals surface area contributed by atoms with Gasteiger partial charge in [0.05, 0.1) is 0 Å². The zero-order chi connectivity index (χ0) is 13.1. The van der Waals surface area contributed by atoms with Gasteiger partial charge in [-0.3, -0.25) is 0 Å². The lowest BCUT2D eigenvalue weighted by Crippen LogP contribution is -2.37. The highest BCUT2D eigenvalue weighted by Gasteiger charge is 2.31. The first-order chi connectivity index (χ1) is 8.60. The van der Waals surface area contributed by atoms with Gasteiger partial charge in [-0.15, -0.1) is 0 Å². The van der Waals surface area contributed by atoms with Crippen LogP contribution in [0.25, 0.3) is 0 Å². The van der Waals surface area contributed by atoms with Crippen LogP contribution in [0.2, 0.25) is 0 Å². The Bertz CT molecular complexity index is 294. The van der Waals surface area contributed by atoms with Crippen molar-refractivity contribution in [2.24, 2.45) is 23.7 Å². The molecular weight excluding hydrogens is 218 g/mol. The van der Waals surface area contributed by atoms with E-state index in [2.05, 4.69) is 39.1 Å². The van der Waals surface area contributed by atoms with E-state index in [1.165, 1.54) is 38.6 Å². The maximum atomic E-state index is 3.88. The molecule has 0 heterocycles. The summed E-state index contributed by atoms with van der Waals surface area (Å²) >= 11 is 0. The molecule has 5 atom stereocenters. The van der Waals surface area contributed by atoms with Crippen molar-refractivity contribution in [3.05, 3.63) is 11.6 Å². The van der Waals surface area contributed by atoms with E-state index in [0.29, 0.717) is 0 Å². The molecule has 0 aromatic carbocycles. The van der Waals surface area contributed by atoms with E-state index in [1.807, 2.05) is 0 Å². The summed E-state index contributed by atoms with van der Waals surface area (Å²) in [5.41, 5.74) is 1.60. The molecule has 0 spiro atoms. The number of nitrogens with one attached hydrogen (secondary N) is 1. The average molecular weight is 249 g/mol. The molecule has 1 fully saturated rings. The third-order valence-electron chi connectivity index (χ3n) is 5.30. The Kier molecular flexibility index (Phi) is 4.89. The Hall–Kier alpha value is -0.300. The fourth-order valence-electron chi connectivity index (χ4n) is 4.27. The first-order valence-corrected chi connectivity index (χ1v) is 8.00. The second-order valence-electron chi connectivity index (χ2n) is 6.92. The Morgan fingerprint density at radius 2 is 2.06 bits per heavy atom. The van der Waals surface area contributed by atoms with Gasteiger partial charge in [0.2, 0.25) is 0 Å². The van der Waals surface area contributed by atoms with Crippen molar-refractivity contribution in [3.63, 3.8) is 0 Å². The average Bonchev–Trinajstić information content (AvgIpc) is 2.66. The number of rotatable bonds is 4. The predicted molar refractivity (Wildman–Crippen MR) is 79.6 cm³/mol. The van der Waals surface area contributed by atoms with Crippen molar-refractivity contribution >= 4 is 0 Å². The lowest BCUT2D eigenvalue weighted by molar-refractivity contribution is 0.309. The third-order valence-corrected chi connectivity index (χ3v) is 5.30. The van der Waals surface area contributed by atoms with E-state index in [-0.39, 0.29) is 0 Å². The molecule has 18 heavy (non-hydrogen) atoms. The summed E-state index contributed by atoms with van der Waals surface area (Å²) in [5, 5.41) is 3.88. The van der Waals surface area contributed by atoms with Crippen LogP contribution in [-0.2, 0) is 0 Å². The van der Waals surface area contributed by atoms with Gasteiger partial charge in [0.15, 0.2) is 0 Å². The van der Waals surface area contributed by atoms with Gasteiger partial charge < -0.3 is 5.32 Å². The molecule has 0 aromatic heterocycles. The minimum absolute atomic E-state index is 0.787. The summed E-state index contributed by atoms with van der Waals surface area (Å²) in [4.78, 5) is 0. The lowest BCUT2D eigenvalue weighted by Gasteiger charge is -2.28. The molecule has 1 heteroatoms. The Morgan fingerprint density at radius 3 is 2.67 bits per heavy atom. The van der Waals surface area contributed by atoms with Gasteiger partial charge in [0, 0.05) is 6.04 Å². The predicted octanol–water partition coefficient (Wildman–Crippen LogP) is 4.39. The second kappa shape index (κ2) is 6.23. The third kappa shape index (κ3) is 3.38. The molecule has 0 bridgehead atoms. The molecule has 5 unspecified atom stereocenters. The molecule has 2 aliphatic carbocycles. The van der Waals surface area contributed by atoms with Gasteiger partial charge >= 0.3 is 0 Å². The first-order valence-electron chi connectivity index (χ1n) is 8.00. The van der Waals surface area contributed by atoms with Gasteiger partial charge in [0.1, 0.15) is 0 Å². The summed E-state index contributed by atoms with van der Waals surface area (Å²) in [6.45, 7) is 10.7. The van der Waals surface area contributed by atoms with E-state index >= 15 is 0 Å². The molecule has 0 saturated heterocycles. The first kappa shape index (κ1) is 14.1. The van der Waals surface area contributed by atoms with Gasteiger partial charge in [-0.05, 0) is 62.8 Å². The molecule has 104 valence electrons. The van der Waals surface area contributed by atoms with Gasteiger partial charge in [-0.1, -0.05) is 38.8 Å². The molecule has 0 radical (unpaired) electrons. The lowest BCUT2D eigenvalue weighted by atomic mass is 9.83. The zero-order valence-electron chi connectivity index (χ0n) is 12.7. The topological polar surface area (TPSA) is 12.0 Å². The summed E-state index contributed by atoms with van der Waals surface area (Å²) in [7, 11) is 0. The largest absolute Gasteiger partial charge is 0.313 e. The van der Waals surface area contributed by atoms with Gasteiger partial charge in [0.25, 0.3) is 0 Å². The van der Waals surface area contributed by atoms with E-state index < -0.39 is 0 Å². The fourth-order valence-corrected chi connectivity index (χ4v) is 4.27. The maximum absolute atomic E-state index is 3.88. The number of hydrogen-bond acceptors (Lipinski definition) is 1. The highest BCUT2D eigenvalue weighted by Crippen LogP contribution is 2.34. The molecule has 0 amide bonds. The Balaban J connectivity index is 1.77. The van der Waals surface area contributed by atoms with Crippen LogP contribution >= 0.6 is 0 Å². The van der Waals surface area contributed by atoms with E-state index in [1.54, 1.807) is 5.57 Å². The summed E-state index contributed by atoms with van der Waals surface area (Å²) in [6.07, 6.45) is 9.36. The van der Waals surface area contributed by atoms with Crippen molar-refractivity contribution in [1.29, 1.82) is 0 Å². The molecule has 1 saturated carbocycles. The minimum atomic E-state index is 0.787. The summed E-state index contributed by atoms with van der Waals surface area (Å²) in [5.74, 6) is 3.51. The molecule has 2 aliphatic rings. The highest BCUT2D eigenvalue weighted by molar-refractivity contribution is 5.06. The van der Waals surface area contributed by atoms with Crippen molar-refractivity contribution in [1.82, 2.24) is 5.32 Å². The van der Waals surface area contributed by atoms with Gasteiger partial charge in [-0.2, -0.15) is 0 Å². The van der Waals surface area contributed by atoms with E-state index in [9.17, 15) is 0 Å². The van der Waals surface area contributed by atoms with Crippen molar-refractivity contribution in [2.75, 3.05) is 6.54 Å². The van der Waals surface area contributed by atoms with E-state index in [4.69, 9.17) is 0 Å². The minimum Gasteiger partial charge on any atom is -0.313 e. The fraction of sp³-hybridized carbons (Fsp3) is 0.882. The maximum Gasteiger partial charge on any atom is 0.00955 e. The smallest absolute Gasteiger partial charge is 0.00955 e. The van der Waals surface area contributed by atoms with Crippen LogP contribution < -0.4 is 5.32 Å². The molecule has 0 aromatic rings. The number of hydrogen-bond donors (Lipinski definition) is 1. The van der Waals surface area contributed by atoms with Crippen LogP contribution in [-0.4, -0.2) is 12.6 Å². The molecular formula is C17H31N. The number of allylic oxidation sites excluding steroid dienone is 2. The monoisotopic (exact) mass is 249 g/mol. The normalized spacial score (nSPS) is 40.9. The summed E-state index contributed by atoms with van der Waals surface area (Å²) in [6, 6.07) is 0.788. The van der Waals surface area contributed by atoms with Crippen LogP contribution in [0.4, 0.5) is 0 Å². The van der Waals surface area contributed by atoms with Crippen LogP contribution in [0.1, 0.15) is 59.8 Å². The second-order valence-corrected chi connectivity index (χ2v) is 6.92. The Labute approximate surface area is 113 Å². The van der Waals surface area contributed by atoms with Crippen molar-refractivity contribution in [2.45, 2.75) is 65.8 Å². The highest BCUT2D eigenvalue weighted by atomic mass is 14.9. The molecule has 1 nitrogen and oxygen atoms in total. The Morgan fingerprint density at radius 1 is 1.28 bits per heavy atom. The van der Waals surface area contributed by atoms with Crippen LogP contribution in [0, 0.1) is 23.7 Å². The van der Waals surface area contributed by atoms with Crippen LogP contribution in [0.5, 0.6) is 0 Å². The van der Waals surface area contributed by atoms with Crippen LogP contribution in [0.3, 0.4) is 0 Å². The van der Waals surface area contributed by atoms with Gasteiger partial charge in [-0.25, -0.2) is 0 Å². The molecule has 1 N–H and O–H groups in total. The molecule has 0 aliphatic heterocycles. The van der Waals surface area contributed by atoms with Crippen molar-refractivity contribution < 1.29 is 0 Å². The quantitative estimate of drug-likeness (QED) is 0.729. The SMILES string of the molecule is CCC1CCC(NCC2CC(C)=CC(C)C2)C1C.